The number of aryl methyl sites for hydroxylation is 4. The van der Waals surface area contributed by atoms with E-state index in [0.29, 0.717) is 12.2 Å². The van der Waals surface area contributed by atoms with Gasteiger partial charge in [0.25, 0.3) is 0 Å². The summed E-state index contributed by atoms with van der Waals surface area (Å²) in [4.78, 5) is 17.1. The maximum absolute atomic E-state index is 12.4. The van der Waals surface area contributed by atoms with Crippen LogP contribution >= 0.6 is 0 Å². The lowest BCUT2D eigenvalue weighted by atomic mass is 10.0. The molecule has 0 saturated carbocycles. The summed E-state index contributed by atoms with van der Waals surface area (Å²) >= 11 is 0. The van der Waals surface area contributed by atoms with Crippen molar-refractivity contribution in [2.75, 3.05) is 10.6 Å². The summed E-state index contributed by atoms with van der Waals surface area (Å²) in [6.07, 6.45) is 1.89. The molecule has 0 aliphatic carbocycles. The quantitative estimate of drug-likeness (QED) is 0.628. The van der Waals surface area contributed by atoms with Gasteiger partial charge >= 0.3 is 0 Å². The van der Waals surface area contributed by atoms with Gasteiger partial charge in [0, 0.05) is 18.4 Å². The minimum Gasteiger partial charge on any atom is -0.378 e. The minimum atomic E-state index is -0.958. The smallest absolute Gasteiger partial charge is 0.243 e. The zero-order chi connectivity index (χ0) is 20.6. The first kappa shape index (κ1) is 19.9. The second-order valence-corrected chi connectivity index (χ2v) is 8.02. The topological polar surface area (TPSA) is 84.4 Å². The molecule has 3 aromatic rings. The summed E-state index contributed by atoms with van der Waals surface area (Å²) in [5.41, 5.74) is 13.1. The summed E-state index contributed by atoms with van der Waals surface area (Å²) in [6, 6.07) is 8.21. The standard InChI is InChI=1S/C22H29N5O/c1-13-8-7-9-14(2)18(13)11-24-19-10-17(26-21(28)22(5,6)23)12-27-16(4)15(3)25-20(19)27/h7-10,12,24H,11,23H2,1-6H3,(H,26,28). The SMILES string of the molecule is Cc1cccc(C)c1CNc1cc(NC(=O)C(C)(C)N)cn2c(C)c(C)nc12. The average molecular weight is 380 g/mol. The number of carbonyl (C=O) groups is 1. The largest absolute Gasteiger partial charge is 0.378 e. The molecular weight excluding hydrogens is 350 g/mol. The summed E-state index contributed by atoms with van der Waals surface area (Å²) < 4.78 is 2.00. The van der Waals surface area contributed by atoms with Crippen LogP contribution in [0.2, 0.25) is 0 Å². The van der Waals surface area contributed by atoms with E-state index >= 15 is 0 Å². The molecule has 2 heterocycles. The number of imidazole rings is 1. The van der Waals surface area contributed by atoms with Crippen molar-refractivity contribution in [2.24, 2.45) is 5.73 Å². The number of rotatable bonds is 5. The fourth-order valence-electron chi connectivity index (χ4n) is 3.17. The molecule has 6 heteroatoms. The van der Waals surface area contributed by atoms with Crippen molar-refractivity contribution >= 4 is 22.9 Å². The Balaban J connectivity index is 2.00. The highest BCUT2D eigenvalue weighted by Crippen LogP contribution is 2.26. The van der Waals surface area contributed by atoms with Gasteiger partial charge in [-0.3, -0.25) is 4.79 Å². The molecule has 28 heavy (non-hydrogen) atoms. The fraction of sp³-hybridized carbons (Fsp3) is 0.364. The van der Waals surface area contributed by atoms with Crippen LogP contribution in [0.4, 0.5) is 11.4 Å². The number of nitrogens with two attached hydrogens (primary N) is 1. The van der Waals surface area contributed by atoms with Crippen molar-refractivity contribution in [1.82, 2.24) is 9.38 Å². The van der Waals surface area contributed by atoms with Crippen LogP contribution in [-0.4, -0.2) is 20.8 Å². The van der Waals surface area contributed by atoms with E-state index in [1.54, 1.807) is 13.8 Å². The highest BCUT2D eigenvalue weighted by atomic mass is 16.2. The van der Waals surface area contributed by atoms with Gasteiger partial charge in [-0.05, 0) is 64.3 Å². The molecule has 0 atom stereocenters. The first-order valence-corrected chi connectivity index (χ1v) is 9.46. The lowest BCUT2D eigenvalue weighted by Crippen LogP contribution is -2.45. The number of hydrogen-bond acceptors (Lipinski definition) is 4. The number of pyridine rings is 1. The number of amides is 1. The third kappa shape index (κ3) is 3.87. The maximum Gasteiger partial charge on any atom is 0.243 e. The normalized spacial score (nSPS) is 11.7. The first-order chi connectivity index (χ1) is 13.1. The van der Waals surface area contributed by atoms with Crippen LogP contribution in [0.5, 0.6) is 0 Å². The lowest BCUT2D eigenvalue weighted by molar-refractivity contribution is -0.120. The van der Waals surface area contributed by atoms with Crippen LogP contribution in [0.25, 0.3) is 5.65 Å². The van der Waals surface area contributed by atoms with E-state index in [-0.39, 0.29) is 5.91 Å². The summed E-state index contributed by atoms with van der Waals surface area (Å²) in [6.45, 7) is 12.3. The Bertz CT molecular complexity index is 1020. The summed E-state index contributed by atoms with van der Waals surface area (Å²) in [5.74, 6) is -0.234. The van der Waals surface area contributed by atoms with Crippen LogP contribution in [0, 0.1) is 27.7 Å². The Kier molecular flexibility index (Phi) is 5.17. The van der Waals surface area contributed by atoms with Gasteiger partial charge in [0.2, 0.25) is 5.91 Å². The predicted octanol–water partition coefficient (Wildman–Crippen LogP) is 3.86. The number of carbonyl (C=O) groups excluding carboxylic acids is 1. The molecule has 0 bridgehead atoms. The third-order valence-corrected chi connectivity index (χ3v) is 5.14. The molecule has 4 N–H and O–H groups in total. The lowest BCUT2D eigenvalue weighted by Gasteiger charge is -2.19. The molecule has 0 fully saturated rings. The van der Waals surface area contributed by atoms with Crippen LogP contribution < -0.4 is 16.4 Å². The first-order valence-electron chi connectivity index (χ1n) is 9.46. The molecule has 0 aliphatic heterocycles. The summed E-state index contributed by atoms with van der Waals surface area (Å²) in [5, 5.41) is 6.43. The van der Waals surface area contributed by atoms with E-state index in [0.717, 1.165) is 22.7 Å². The molecule has 0 spiro atoms. The van der Waals surface area contributed by atoms with E-state index in [1.807, 2.05) is 30.5 Å². The Morgan fingerprint density at radius 1 is 1.18 bits per heavy atom. The monoisotopic (exact) mass is 379 g/mol. The number of hydrogen-bond donors (Lipinski definition) is 3. The van der Waals surface area contributed by atoms with Gasteiger partial charge in [-0.1, -0.05) is 18.2 Å². The average Bonchev–Trinajstić information content (AvgIpc) is 2.89. The van der Waals surface area contributed by atoms with Crippen molar-refractivity contribution in [3.63, 3.8) is 0 Å². The van der Waals surface area contributed by atoms with Gasteiger partial charge in [0.15, 0.2) is 5.65 Å². The zero-order valence-electron chi connectivity index (χ0n) is 17.5. The summed E-state index contributed by atoms with van der Waals surface area (Å²) in [7, 11) is 0. The molecule has 148 valence electrons. The van der Waals surface area contributed by atoms with Gasteiger partial charge in [-0.25, -0.2) is 4.98 Å². The maximum atomic E-state index is 12.4. The fourth-order valence-corrected chi connectivity index (χ4v) is 3.17. The molecule has 2 aromatic heterocycles. The minimum absolute atomic E-state index is 0.234. The number of anilines is 2. The molecule has 6 nitrogen and oxygen atoms in total. The molecule has 0 saturated heterocycles. The van der Waals surface area contributed by atoms with Crippen molar-refractivity contribution in [3.05, 3.63) is 58.5 Å². The van der Waals surface area contributed by atoms with Crippen molar-refractivity contribution < 1.29 is 4.79 Å². The molecular formula is C22H29N5O. The van der Waals surface area contributed by atoms with E-state index < -0.39 is 5.54 Å². The molecule has 3 rings (SSSR count). The molecule has 0 aliphatic rings. The Labute approximate surface area is 166 Å². The number of fused-ring (bicyclic) bond motifs is 1. The molecule has 1 amide bonds. The van der Waals surface area contributed by atoms with Crippen LogP contribution in [0.1, 0.15) is 41.9 Å². The van der Waals surface area contributed by atoms with Gasteiger partial charge in [0.05, 0.1) is 22.6 Å². The van der Waals surface area contributed by atoms with Gasteiger partial charge in [0.1, 0.15) is 0 Å². The van der Waals surface area contributed by atoms with E-state index in [1.165, 1.54) is 16.7 Å². The van der Waals surface area contributed by atoms with E-state index in [9.17, 15) is 4.79 Å². The second kappa shape index (κ2) is 7.28. The van der Waals surface area contributed by atoms with Crippen molar-refractivity contribution in [1.29, 1.82) is 0 Å². The Morgan fingerprint density at radius 3 is 2.43 bits per heavy atom. The third-order valence-electron chi connectivity index (χ3n) is 5.14. The van der Waals surface area contributed by atoms with Crippen LogP contribution in [-0.2, 0) is 11.3 Å². The second-order valence-electron chi connectivity index (χ2n) is 8.02. The van der Waals surface area contributed by atoms with E-state index in [4.69, 9.17) is 10.7 Å². The van der Waals surface area contributed by atoms with E-state index in [2.05, 4.69) is 42.7 Å². The van der Waals surface area contributed by atoms with Crippen molar-refractivity contribution in [3.8, 4) is 0 Å². The number of benzene rings is 1. The Hall–Kier alpha value is -2.86. The molecule has 1 aromatic carbocycles. The molecule has 0 unspecified atom stereocenters. The highest BCUT2D eigenvalue weighted by molar-refractivity contribution is 5.98. The number of aromatic nitrogens is 2. The van der Waals surface area contributed by atoms with Crippen molar-refractivity contribution in [2.45, 2.75) is 53.6 Å². The predicted molar refractivity (Wildman–Crippen MR) is 115 cm³/mol. The van der Waals surface area contributed by atoms with Gasteiger partial charge < -0.3 is 20.8 Å². The number of nitrogens with zero attached hydrogens (tertiary/aromatic N) is 2. The number of nitrogens with one attached hydrogen (secondary N) is 2. The molecule has 0 radical (unpaired) electrons. The van der Waals surface area contributed by atoms with Crippen LogP contribution in [0.15, 0.2) is 30.5 Å². The highest BCUT2D eigenvalue weighted by Gasteiger charge is 2.22. The van der Waals surface area contributed by atoms with Gasteiger partial charge in [-0.2, -0.15) is 0 Å². The van der Waals surface area contributed by atoms with Gasteiger partial charge in [-0.15, -0.1) is 0 Å². The zero-order valence-corrected chi connectivity index (χ0v) is 17.5. The Morgan fingerprint density at radius 2 is 1.82 bits per heavy atom. The van der Waals surface area contributed by atoms with Crippen LogP contribution in [0.3, 0.4) is 0 Å².